The van der Waals surface area contributed by atoms with Crippen molar-refractivity contribution in [1.82, 2.24) is 9.80 Å². The van der Waals surface area contributed by atoms with Crippen LogP contribution in [0.25, 0.3) is 20.5 Å². The number of likely N-dealkylation sites (tertiary alicyclic amines) is 1. The van der Waals surface area contributed by atoms with E-state index in [1.54, 1.807) is 14.1 Å². The van der Waals surface area contributed by atoms with E-state index in [-0.39, 0.29) is 12.5 Å². The van der Waals surface area contributed by atoms with Crippen LogP contribution in [0.3, 0.4) is 0 Å². The summed E-state index contributed by atoms with van der Waals surface area (Å²) in [4.78, 5) is 17.1. The van der Waals surface area contributed by atoms with Crippen molar-refractivity contribution in [3.8, 4) is 21.9 Å². The van der Waals surface area contributed by atoms with Gasteiger partial charge in [-0.2, -0.15) is 0 Å². The van der Waals surface area contributed by atoms with Crippen molar-refractivity contribution in [2.24, 2.45) is 0 Å². The van der Waals surface area contributed by atoms with Gasteiger partial charge in [0.25, 0.3) is 5.91 Å². The van der Waals surface area contributed by atoms with Gasteiger partial charge in [-0.3, -0.25) is 9.69 Å². The van der Waals surface area contributed by atoms with E-state index in [4.69, 9.17) is 9.47 Å². The minimum atomic E-state index is -0.0542. The number of carbonyl (C=O) groups excluding carboxylic acids is 1. The quantitative estimate of drug-likeness (QED) is 0.256. The van der Waals surface area contributed by atoms with Crippen LogP contribution >= 0.6 is 11.3 Å². The summed E-state index contributed by atoms with van der Waals surface area (Å²) in [6, 6.07) is 25.2. The lowest BCUT2D eigenvalue weighted by Crippen LogP contribution is -2.27. The number of rotatable bonds is 10. The van der Waals surface area contributed by atoms with Crippen molar-refractivity contribution in [2.45, 2.75) is 19.3 Å². The second kappa shape index (κ2) is 11.8. The zero-order valence-electron chi connectivity index (χ0n) is 21.6. The summed E-state index contributed by atoms with van der Waals surface area (Å²) in [6.07, 6.45) is 3.44. The van der Waals surface area contributed by atoms with Crippen molar-refractivity contribution < 1.29 is 14.3 Å². The molecule has 2 heterocycles. The first-order valence-electron chi connectivity index (χ1n) is 12.9. The summed E-state index contributed by atoms with van der Waals surface area (Å²) in [7, 11) is 3.46. The summed E-state index contributed by atoms with van der Waals surface area (Å²) in [5.74, 6) is 1.57. The fraction of sp³-hybridized carbons (Fsp3) is 0.323. The Balaban J connectivity index is 1.30. The Morgan fingerprint density at radius 3 is 2.30 bits per heavy atom. The average molecular weight is 515 g/mol. The van der Waals surface area contributed by atoms with Gasteiger partial charge in [0.2, 0.25) is 0 Å². The molecule has 3 aromatic carbocycles. The van der Waals surface area contributed by atoms with E-state index in [0.717, 1.165) is 25.3 Å². The number of likely N-dealkylation sites (N-methyl/N-ethyl adjacent to an activating group) is 1. The van der Waals surface area contributed by atoms with Crippen LogP contribution in [0.15, 0.2) is 72.8 Å². The van der Waals surface area contributed by atoms with Crippen molar-refractivity contribution in [1.29, 1.82) is 0 Å². The molecule has 1 amide bonds. The molecule has 0 saturated carbocycles. The maximum Gasteiger partial charge on any atom is 0.259 e. The van der Waals surface area contributed by atoms with Crippen molar-refractivity contribution in [3.63, 3.8) is 0 Å². The molecule has 4 aromatic rings. The maximum atomic E-state index is 11.8. The van der Waals surface area contributed by atoms with Crippen molar-refractivity contribution in [3.05, 3.63) is 83.9 Å². The molecule has 5 nitrogen and oxygen atoms in total. The molecule has 0 unspecified atom stereocenters. The molecule has 6 heteroatoms. The first-order chi connectivity index (χ1) is 18.1. The van der Waals surface area contributed by atoms with E-state index in [1.807, 2.05) is 23.5 Å². The molecule has 0 radical (unpaired) electrons. The highest BCUT2D eigenvalue weighted by molar-refractivity contribution is 7.22. The third kappa shape index (κ3) is 6.32. The molecule has 0 atom stereocenters. The van der Waals surface area contributed by atoms with E-state index in [0.29, 0.717) is 5.75 Å². The van der Waals surface area contributed by atoms with Gasteiger partial charge in [-0.05, 0) is 96.9 Å². The Morgan fingerprint density at radius 1 is 0.892 bits per heavy atom. The van der Waals surface area contributed by atoms with Crippen molar-refractivity contribution >= 4 is 27.3 Å². The number of ether oxygens (including phenoxy) is 2. The summed E-state index contributed by atoms with van der Waals surface area (Å²) in [6.45, 7) is 4.17. The standard InChI is InChI=1S/C31H34N2O3S/c1-32(2)30(34)22-36-26-13-9-23(10-14-26)21-28-27-7-3-4-8-29(27)37-31(28)24-11-15-25(16-12-24)35-20-19-33-17-5-6-18-33/h3-4,7-16H,5-6,17-22H2,1-2H3. The van der Waals surface area contributed by atoms with Gasteiger partial charge < -0.3 is 14.4 Å². The predicted molar refractivity (Wildman–Crippen MR) is 152 cm³/mol. The maximum absolute atomic E-state index is 11.8. The highest BCUT2D eigenvalue weighted by Gasteiger charge is 2.15. The van der Waals surface area contributed by atoms with Gasteiger partial charge in [0.05, 0.1) is 0 Å². The minimum Gasteiger partial charge on any atom is -0.492 e. The summed E-state index contributed by atoms with van der Waals surface area (Å²) in [5, 5.41) is 1.30. The number of amides is 1. The zero-order valence-corrected chi connectivity index (χ0v) is 22.4. The van der Waals surface area contributed by atoms with Crippen LogP contribution in [0.1, 0.15) is 24.0 Å². The Bertz CT molecular complexity index is 1320. The normalized spacial score (nSPS) is 13.7. The minimum absolute atomic E-state index is 0.0453. The number of hydrogen-bond acceptors (Lipinski definition) is 5. The van der Waals surface area contributed by atoms with Crippen LogP contribution in [0.4, 0.5) is 0 Å². The molecule has 5 rings (SSSR count). The van der Waals surface area contributed by atoms with E-state index in [1.165, 1.54) is 62.5 Å². The van der Waals surface area contributed by atoms with Gasteiger partial charge in [0.15, 0.2) is 6.61 Å². The smallest absolute Gasteiger partial charge is 0.259 e. The molecule has 0 N–H and O–H groups in total. The van der Waals surface area contributed by atoms with E-state index < -0.39 is 0 Å². The van der Waals surface area contributed by atoms with Crippen molar-refractivity contribution in [2.75, 3.05) is 46.9 Å². The first kappa shape index (κ1) is 25.3. The fourth-order valence-corrected chi connectivity index (χ4v) is 5.92. The number of benzene rings is 3. The molecule has 1 saturated heterocycles. The largest absolute Gasteiger partial charge is 0.492 e. The molecule has 1 aliphatic rings. The fourth-order valence-electron chi connectivity index (χ4n) is 4.69. The van der Waals surface area contributed by atoms with Crippen LogP contribution < -0.4 is 9.47 Å². The number of hydrogen-bond donors (Lipinski definition) is 0. The lowest BCUT2D eigenvalue weighted by Gasteiger charge is -2.15. The average Bonchev–Trinajstić information content (AvgIpc) is 3.57. The third-order valence-corrected chi connectivity index (χ3v) is 8.12. The van der Waals surface area contributed by atoms with E-state index in [2.05, 4.69) is 65.6 Å². The summed E-state index contributed by atoms with van der Waals surface area (Å²) >= 11 is 1.84. The third-order valence-electron chi connectivity index (χ3n) is 6.86. The molecule has 0 bridgehead atoms. The van der Waals surface area contributed by atoms with Crippen LogP contribution in [0.5, 0.6) is 11.5 Å². The van der Waals surface area contributed by atoms with Crippen LogP contribution in [0, 0.1) is 0 Å². The second-order valence-corrected chi connectivity index (χ2v) is 10.8. The molecule has 1 fully saturated rings. The summed E-state index contributed by atoms with van der Waals surface area (Å²) in [5.41, 5.74) is 3.75. The van der Waals surface area contributed by atoms with Gasteiger partial charge in [-0.1, -0.05) is 30.3 Å². The van der Waals surface area contributed by atoms with Crippen LogP contribution in [-0.2, 0) is 11.2 Å². The van der Waals surface area contributed by atoms with E-state index in [9.17, 15) is 4.79 Å². The lowest BCUT2D eigenvalue weighted by atomic mass is 9.99. The Kier molecular flexibility index (Phi) is 8.07. The molecule has 192 valence electrons. The van der Waals surface area contributed by atoms with Gasteiger partial charge in [-0.25, -0.2) is 0 Å². The molecular weight excluding hydrogens is 480 g/mol. The Labute approximate surface area is 223 Å². The number of carbonyl (C=O) groups is 1. The van der Waals surface area contributed by atoms with Crippen LogP contribution in [0.2, 0.25) is 0 Å². The number of nitrogens with zero attached hydrogens (tertiary/aromatic N) is 2. The number of fused-ring (bicyclic) bond motifs is 1. The van der Waals surface area contributed by atoms with Gasteiger partial charge >= 0.3 is 0 Å². The molecular formula is C31H34N2O3S. The molecule has 0 aliphatic carbocycles. The molecule has 1 aromatic heterocycles. The van der Waals surface area contributed by atoms with Gasteiger partial charge in [0.1, 0.15) is 18.1 Å². The second-order valence-electron chi connectivity index (χ2n) is 9.73. The molecule has 0 spiro atoms. The highest BCUT2D eigenvalue weighted by atomic mass is 32.1. The number of thiophene rings is 1. The highest BCUT2D eigenvalue weighted by Crippen LogP contribution is 2.40. The Morgan fingerprint density at radius 2 is 1.57 bits per heavy atom. The topological polar surface area (TPSA) is 42.0 Å². The lowest BCUT2D eigenvalue weighted by molar-refractivity contribution is -0.130. The Hall–Kier alpha value is -3.35. The predicted octanol–water partition coefficient (Wildman–Crippen LogP) is 6.10. The van der Waals surface area contributed by atoms with Crippen LogP contribution in [-0.4, -0.2) is 62.7 Å². The first-order valence-corrected chi connectivity index (χ1v) is 13.8. The SMILES string of the molecule is CN(C)C(=O)COc1ccc(Cc2c(-c3ccc(OCCN4CCCC4)cc3)sc3ccccc23)cc1. The van der Waals surface area contributed by atoms with Gasteiger partial charge in [-0.15, -0.1) is 11.3 Å². The monoisotopic (exact) mass is 514 g/mol. The molecule has 37 heavy (non-hydrogen) atoms. The zero-order chi connectivity index (χ0) is 25.6. The van der Waals surface area contributed by atoms with E-state index >= 15 is 0 Å². The molecule has 1 aliphatic heterocycles. The van der Waals surface area contributed by atoms with Gasteiger partial charge in [0, 0.05) is 30.2 Å². The summed E-state index contributed by atoms with van der Waals surface area (Å²) < 4.78 is 13.0.